The molecule has 0 aromatic carbocycles. The number of hydrogen-bond donors (Lipinski definition) is 1. The van der Waals surface area contributed by atoms with Crippen molar-refractivity contribution < 1.29 is 14.5 Å². The molecular weight excluding hydrogens is 416 g/mol. The molecule has 4 aliphatic carbocycles. The predicted molar refractivity (Wildman–Crippen MR) is 126 cm³/mol. The molecule has 5 rings (SSSR count). The molecule has 33 heavy (non-hydrogen) atoms. The van der Waals surface area contributed by atoms with Crippen molar-refractivity contribution in [2.75, 3.05) is 20.7 Å². The van der Waals surface area contributed by atoms with Gasteiger partial charge in [-0.1, -0.05) is 29.7 Å². The van der Waals surface area contributed by atoms with Crippen LogP contribution in [0.5, 0.6) is 0 Å². The van der Waals surface area contributed by atoms with E-state index in [0.717, 1.165) is 43.2 Å². The van der Waals surface area contributed by atoms with Gasteiger partial charge in [-0.3, -0.25) is 0 Å². The van der Waals surface area contributed by atoms with Crippen molar-refractivity contribution >= 4 is 5.71 Å². The fraction of sp³-hybridized carbons (Fsp3) is 0.808. The van der Waals surface area contributed by atoms with Gasteiger partial charge in [-0.2, -0.15) is 4.98 Å². The average Bonchev–Trinajstić information content (AvgIpc) is 3.34. The van der Waals surface area contributed by atoms with Crippen molar-refractivity contribution in [1.29, 1.82) is 0 Å². The Balaban J connectivity index is 1.20. The molecule has 7 heteroatoms. The van der Waals surface area contributed by atoms with Crippen molar-refractivity contribution in [3.8, 4) is 0 Å². The number of fused-ring (bicyclic) bond motifs is 5. The Morgan fingerprint density at radius 1 is 1.15 bits per heavy atom. The summed E-state index contributed by atoms with van der Waals surface area (Å²) < 4.78 is 5.29. The van der Waals surface area contributed by atoms with E-state index in [-0.39, 0.29) is 16.9 Å². The van der Waals surface area contributed by atoms with Gasteiger partial charge in [-0.25, -0.2) is 0 Å². The molecular formula is C26H40N4O3. The van der Waals surface area contributed by atoms with Gasteiger partial charge in [-0.05, 0) is 100 Å². The molecule has 182 valence electrons. The summed E-state index contributed by atoms with van der Waals surface area (Å²) in [4.78, 5) is 12.1. The maximum atomic E-state index is 10.7. The van der Waals surface area contributed by atoms with Crippen molar-refractivity contribution in [3.05, 3.63) is 23.4 Å². The van der Waals surface area contributed by atoms with Gasteiger partial charge in [0, 0.05) is 0 Å². The Hall–Kier alpha value is -1.73. The molecule has 3 saturated carbocycles. The predicted octanol–water partition coefficient (Wildman–Crippen LogP) is 4.37. The normalized spacial score (nSPS) is 39.2. The number of rotatable bonds is 6. The number of hydrogen-bond acceptors (Lipinski definition) is 7. The molecule has 1 heterocycles. The van der Waals surface area contributed by atoms with E-state index in [9.17, 15) is 5.11 Å². The summed E-state index contributed by atoms with van der Waals surface area (Å²) in [5.41, 5.74) is 3.07. The van der Waals surface area contributed by atoms with E-state index < -0.39 is 0 Å². The van der Waals surface area contributed by atoms with Crippen LogP contribution in [0.15, 0.2) is 21.3 Å². The third-order valence-corrected chi connectivity index (χ3v) is 9.48. The molecule has 0 aliphatic heterocycles. The maximum Gasteiger partial charge on any atom is 0.230 e. The van der Waals surface area contributed by atoms with Gasteiger partial charge in [0.2, 0.25) is 5.89 Å². The highest BCUT2D eigenvalue weighted by molar-refractivity contribution is 5.96. The van der Waals surface area contributed by atoms with Crippen LogP contribution < -0.4 is 0 Å². The maximum absolute atomic E-state index is 10.7. The van der Waals surface area contributed by atoms with Crippen LogP contribution in [0, 0.1) is 28.6 Å². The minimum Gasteiger partial charge on any atom is -0.395 e. The zero-order chi connectivity index (χ0) is 23.2. The van der Waals surface area contributed by atoms with Crippen LogP contribution in [0.25, 0.3) is 0 Å². The van der Waals surface area contributed by atoms with Crippen LogP contribution in [-0.4, -0.2) is 52.7 Å². The van der Waals surface area contributed by atoms with Crippen molar-refractivity contribution in [2.45, 2.75) is 84.3 Å². The van der Waals surface area contributed by atoms with Gasteiger partial charge in [0.25, 0.3) is 0 Å². The average molecular weight is 457 g/mol. The van der Waals surface area contributed by atoms with E-state index in [1.54, 1.807) is 5.57 Å². The summed E-state index contributed by atoms with van der Waals surface area (Å²) in [7, 11) is 3.96. The second-order valence-corrected chi connectivity index (χ2v) is 11.6. The highest BCUT2D eigenvalue weighted by Gasteiger charge is 2.58. The Bertz CT molecular complexity index is 924. The minimum atomic E-state index is -0.0952. The Labute approximate surface area is 197 Å². The lowest BCUT2D eigenvalue weighted by Gasteiger charge is -2.57. The molecule has 1 aromatic rings. The van der Waals surface area contributed by atoms with Crippen LogP contribution in [0.1, 0.15) is 76.9 Å². The Morgan fingerprint density at radius 3 is 2.82 bits per heavy atom. The largest absolute Gasteiger partial charge is 0.395 e. The second-order valence-electron chi connectivity index (χ2n) is 11.6. The van der Waals surface area contributed by atoms with Crippen LogP contribution in [0.4, 0.5) is 0 Å². The molecule has 0 amide bonds. The zero-order valence-electron chi connectivity index (χ0n) is 20.7. The highest BCUT2D eigenvalue weighted by atomic mass is 16.6. The number of aliphatic hydroxyl groups is 1. The number of nitrogens with zero attached hydrogens (tertiary/aromatic N) is 4. The molecule has 1 N–H and O–H groups in total. The SMILES string of the molecule is CN(C)Cc1noc(CCON=C2C=C3CCC4C(CCC5(C)C(O)CCC45)C3(C)CC2)n1. The van der Waals surface area contributed by atoms with E-state index >= 15 is 0 Å². The van der Waals surface area contributed by atoms with Gasteiger partial charge in [0.05, 0.1) is 24.8 Å². The van der Waals surface area contributed by atoms with E-state index in [2.05, 4.69) is 35.2 Å². The molecule has 0 saturated heterocycles. The van der Waals surface area contributed by atoms with Crippen molar-refractivity contribution in [1.82, 2.24) is 15.0 Å². The summed E-state index contributed by atoms with van der Waals surface area (Å²) in [6.07, 6.45) is 12.0. The van der Waals surface area contributed by atoms with Crippen molar-refractivity contribution in [2.24, 2.45) is 33.7 Å². The minimum absolute atomic E-state index is 0.0952. The molecule has 0 radical (unpaired) electrons. The molecule has 3 fully saturated rings. The first-order chi connectivity index (χ1) is 15.8. The fourth-order valence-corrected chi connectivity index (χ4v) is 7.62. The molecule has 7 nitrogen and oxygen atoms in total. The quantitative estimate of drug-likeness (QED) is 0.505. The third-order valence-electron chi connectivity index (χ3n) is 9.48. The summed E-state index contributed by atoms with van der Waals surface area (Å²) in [6.45, 7) is 5.98. The van der Waals surface area contributed by atoms with Crippen LogP contribution in [0.3, 0.4) is 0 Å². The van der Waals surface area contributed by atoms with Gasteiger partial charge in [0.1, 0.15) is 6.61 Å². The highest BCUT2D eigenvalue weighted by Crippen LogP contribution is 2.65. The fourth-order valence-electron chi connectivity index (χ4n) is 7.62. The molecule has 6 unspecified atom stereocenters. The van der Waals surface area contributed by atoms with Crippen LogP contribution in [0.2, 0.25) is 0 Å². The summed E-state index contributed by atoms with van der Waals surface area (Å²) in [5, 5.41) is 19.1. The lowest BCUT2D eigenvalue weighted by atomic mass is 9.47. The monoisotopic (exact) mass is 456 g/mol. The van der Waals surface area contributed by atoms with E-state index in [1.165, 1.54) is 25.7 Å². The Kier molecular flexibility index (Phi) is 6.15. The smallest absolute Gasteiger partial charge is 0.230 e. The first kappa shape index (κ1) is 23.0. The number of allylic oxidation sites excluding steroid dienone is 2. The van der Waals surface area contributed by atoms with Gasteiger partial charge < -0.3 is 19.4 Å². The standard InChI is InChI=1S/C26H40N4O3/c1-25-12-9-18(28-32-14-11-24-27-23(29-33-24)16-30(3)4)15-17(25)5-6-19-20-7-8-22(31)26(20,2)13-10-21(19)25/h15,19-22,31H,5-14,16H2,1-4H3. The van der Waals surface area contributed by atoms with Gasteiger partial charge >= 0.3 is 0 Å². The summed E-state index contributed by atoms with van der Waals surface area (Å²) in [5.74, 6) is 3.51. The topological polar surface area (TPSA) is 84.0 Å². The third kappa shape index (κ3) is 4.16. The molecule has 0 spiro atoms. The lowest BCUT2D eigenvalue weighted by molar-refractivity contribution is -0.0722. The number of aliphatic hydroxyl groups excluding tert-OH is 1. The second kappa shape index (κ2) is 8.81. The lowest BCUT2D eigenvalue weighted by Crippen LogP contribution is -2.51. The molecule has 1 aromatic heterocycles. The van der Waals surface area contributed by atoms with E-state index in [0.29, 0.717) is 37.2 Å². The molecule has 4 aliphatic rings. The summed E-state index contributed by atoms with van der Waals surface area (Å²) >= 11 is 0. The van der Waals surface area contributed by atoms with E-state index in [4.69, 9.17) is 9.36 Å². The summed E-state index contributed by atoms with van der Waals surface area (Å²) in [6, 6.07) is 0. The van der Waals surface area contributed by atoms with Crippen LogP contribution in [-0.2, 0) is 17.8 Å². The first-order valence-electron chi connectivity index (χ1n) is 12.8. The first-order valence-corrected chi connectivity index (χ1v) is 12.8. The zero-order valence-corrected chi connectivity index (χ0v) is 20.7. The van der Waals surface area contributed by atoms with Gasteiger partial charge in [-0.15, -0.1) is 0 Å². The number of oxime groups is 1. The molecule has 6 atom stereocenters. The molecule has 0 bridgehead atoms. The Morgan fingerprint density at radius 2 is 2.00 bits per heavy atom. The number of aromatic nitrogens is 2. The van der Waals surface area contributed by atoms with Gasteiger partial charge in [0.15, 0.2) is 5.82 Å². The van der Waals surface area contributed by atoms with Crippen molar-refractivity contribution in [3.63, 3.8) is 0 Å². The van der Waals surface area contributed by atoms with Crippen LogP contribution >= 0.6 is 0 Å². The van der Waals surface area contributed by atoms with E-state index in [1.807, 2.05) is 19.0 Å².